The van der Waals surface area contributed by atoms with Gasteiger partial charge in [-0.05, 0) is 55.6 Å². The summed E-state index contributed by atoms with van der Waals surface area (Å²) in [5, 5.41) is 3.05. The van der Waals surface area contributed by atoms with Crippen molar-refractivity contribution in [1.82, 2.24) is 4.90 Å². The van der Waals surface area contributed by atoms with E-state index in [1.165, 1.54) is 6.42 Å². The van der Waals surface area contributed by atoms with Crippen molar-refractivity contribution in [3.63, 3.8) is 0 Å². The van der Waals surface area contributed by atoms with Crippen LogP contribution >= 0.6 is 11.8 Å². The molecule has 0 aliphatic carbocycles. The summed E-state index contributed by atoms with van der Waals surface area (Å²) in [6.45, 7) is 3.40. The smallest absolute Gasteiger partial charge is 0.321 e. The molecule has 2 amide bonds. The third-order valence-corrected chi connectivity index (χ3v) is 5.55. The van der Waals surface area contributed by atoms with Crippen LogP contribution < -0.4 is 5.32 Å². The number of carbonyl (C=O) groups is 1. The van der Waals surface area contributed by atoms with Crippen LogP contribution in [0.2, 0.25) is 0 Å². The molecule has 120 valence electrons. The van der Waals surface area contributed by atoms with Crippen LogP contribution in [0.5, 0.6) is 0 Å². The minimum absolute atomic E-state index is 0.0313. The summed E-state index contributed by atoms with van der Waals surface area (Å²) in [5.41, 5.74) is 1.16. The van der Waals surface area contributed by atoms with Crippen LogP contribution in [0.15, 0.2) is 29.2 Å². The molecule has 1 spiro atoms. The Balaban J connectivity index is 1.64. The summed E-state index contributed by atoms with van der Waals surface area (Å²) in [5.74, 6) is 0. The maximum Gasteiger partial charge on any atom is 0.321 e. The fourth-order valence-corrected chi connectivity index (χ4v) is 3.96. The number of ether oxygens (including phenoxy) is 1. The lowest BCUT2D eigenvalue weighted by atomic mass is 9.74. The molecule has 0 unspecified atom stereocenters. The van der Waals surface area contributed by atoms with Gasteiger partial charge in [-0.15, -0.1) is 11.8 Å². The molecule has 0 aromatic heterocycles. The maximum atomic E-state index is 12.6. The molecular weight excluding hydrogens is 296 g/mol. The van der Waals surface area contributed by atoms with E-state index in [0.29, 0.717) is 0 Å². The molecule has 22 heavy (non-hydrogen) atoms. The Morgan fingerprint density at radius 2 is 2.14 bits per heavy atom. The summed E-state index contributed by atoms with van der Waals surface area (Å²) in [4.78, 5) is 15.7. The zero-order valence-corrected chi connectivity index (χ0v) is 14.0. The van der Waals surface area contributed by atoms with Crippen molar-refractivity contribution in [3.8, 4) is 0 Å². The molecule has 2 heterocycles. The third-order valence-electron chi connectivity index (χ3n) is 4.82. The zero-order chi connectivity index (χ0) is 15.4. The molecule has 2 aliphatic heterocycles. The van der Waals surface area contributed by atoms with Gasteiger partial charge in [0.25, 0.3) is 0 Å². The van der Waals surface area contributed by atoms with Gasteiger partial charge in [-0.25, -0.2) is 4.79 Å². The second-order valence-corrected chi connectivity index (χ2v) is 7.18. The van der Waals surface area contributed by atoms with E-state index in [9.17, 15) is 4.79 Å². The van der Waals surface area contributed by atoms with Crippen molar-refractivity contribution >= 4 is 23.5 Å². The Bertz CT molecular complexity index is 524. The van der Waals surface area contributed by atoms with Gasteiger partial charge in [-0.1, -0.05) is 6.07 Å². The van der Waals surface area contributed by atoms with Crippen molar-refractivity contribution in [2.24, 2.45) is 5.41 Å². The Hall–Kier alpha value is -1.20. The van der Waals surface area contributed by atoms with E-state index in [1.807, 2.05) is 29.4 Å². The molecule has 0 atom stereocenters. The number of thioether (sulfide) groups is 1. The summed E-state index contributed by atoms with van der Waals surface area (Å²) in [7, 11) is 0. The number of amides is 2. The first-order valence-corrected chi connectivity index (χ1v) is 9.21. The number of carbonyl (C=O) groups excluding carboxylic acids is 1. The van der Waals surface area contributed by atoms with Gasteiger partial charge in [0.1, 0.15) is 0 Å². The van der Waals surface area contributed by atoms with Crippen molar-refractivity contribution in [2.45, 2.75) is 30.6 Å². The van der Waals surface area contributed by atoms with Gasteiger partial charge < -0.3 is 15.0 Å². The fraction of sp³-hybridized carbons (Fsp3) is 0.588. The van der Waals surface area contributed by atoms with Crippen LogP contribution in [-0.2, 0) is 4.74 Å². The number of urea groups is 1. The monoisotopic (exact) mass is 320 g/mol. The second-order valence-electron chi connectivity index (χ2n) is 6.30. The van der Waals surface area contributed by atoms with E-state index in [-0.39, 0.29) is 11.4 Å². The van der Waals surface area contributed by atoms with Gasteiger partial charge in [0.15, 0.2) is 0 Å². The largest absolute Gasteiger partial charge is 0.381 e. The molecule has 3 rings (SSSR count). The molecule has 1 aromatic rings. The minimum atomic E-state index is 0.0313. The SMILES string of the molecule is CSc1cccc(NC(=O)N2CCCC3(CCOCC3)C2)c1. The number of benzene rings is 1. The highest BCUT2D eigenvalue weighted by atomic mass is 32.2. The molecular formula is C17H24N2O2S. The van der Waals surface area contributed by atoms with E-state index in [2.05, 4.69) is 11.4 Å². The average molecular weight is 320 g/mol. The van der Waals surface area contributed by atoms with Crippen LogP contribution in [0.1, 0.15) is 25.7 Å². The zero-order valence-electron chi connectivity index (χ0n) is 13.1. The lowest BCUT2D eigenvalue weighted by Gasteiger charge is -2.45. The molecule has 5 heteroatoms. The van der Waals surface area contributed by atoms with Crippen LogP contribution in [0.3, 0.4) is 0 Å². The first-order chi connectivity index (χ1) is 10.7. The Labute approximate surface area is 136 Å². The van der Waals surface area contributed by atoms with Crippen molar-refractivity contribution in [3.05, 3.63) is 24.3 Å². The van der Waals surface area contributed by atoms with Gasteiger partial charge in [-0.2, -0.15) is 0 Å². The van der Waals surface area contributed by atoms with Crippen molar-refractivity contribution in [2.75, 3.05) is 37.9 Å². The number of hydrogen-bond donors (Lipinski definition) is 1. The number of likely N-dealkylation sites (tertiary alicyclic amines) is 1. The van der Waals surface area contributed by atoms with Crippen molar-refractivity contribution in [1.29, 1.82) is 0 Å². The predicted octanol–water partition coefficient (Wildman–Crippen LogP) is 3.83. The van der Waals surface area contributed by atoms with E-state index in [4.69, 9.17) is 4.74 Å². The quantitative estimate of drug-likeness (QED) is 0.842. The standard InChI is InChI=1S/C17H24N2O2S/c1-22-15-5-2-4-14(12-15)18-16(20)19-9-3-6-17(13-19)7-10-21-11-8-17/h2,4-5,12H,3,6-11,13H2,1H3,(H,18,20). The van der Waals surface area contributed by atoms with E-state index < -0.39 is 0 Å². The summed E-state index contributed by atoms with van der Waals surface area (Å²) >= 11 is 1.68. The van der Waals surface area contributed by atoms with Crippen LogP contribution in [0.4, 0.5) is 10.5 Å². The summed E-state index contributed by atoms with van der Waals surface area (Å²) in [6, 6.07) is 8.04. The number of piperidine rings is 1. The van der Waals surface area contributed by atoms with E-state index in [1.54, 1.807) is 11.8 Å². The lowest BCUT2D eigenvalue weighted by Crippen LogP contribution is -2.49. The number of rotatable bonds is 2. The highest BCUT2D eigenvalue weighted by molar-refractivity contribution is 7.98. The molecule has 4 nitrogen and oxygen atoms in total. The minimum Gasteiger partial charge on any atom is -0.381 e. The molecule has 0 saturated carbocycles. The van der Waals surface area contributed by atoms with Crippen LogP contribution in [-0.4, -0.2) is 43.5 Å². The molecule has 2 saturated heterocycles. The number of anilines is 1. The molecule has 1 aromatic carbocycles. The van der Waals surface area contributed by atoms with E-state index in [0.717, 1.165) is 56.1 Å². The fourth-order valence-electron chi connectivity index (χ4n) is 3.50. The molecule has 1 N–H and O–H groups in total. The van der Waals surface area contributed by atoms with Gasteiger partial charge >= 0.3 is 6.03 Å². The van der Waals surface area contributed by atoms with Gasteiger partial charge in [0, 0.05) is 36.9 Å². The molecule has 0 radical (unpaired) electrons. The molecule has 0 bridgehead atoms. The van der Waals surface area contributed by atoms with Crippen molar-refractivity contribution < 1.29 is 9.53 Å². The van der Waals surface area contributed by atoms with Crippen LogP contribution in [0.25, 0.3) is 0 Å². The van der Waals surface area contributed by atoms with Gasteiger partial charge in [0.2, 0.25) is 0 Å². The van der Waals surface area contributed by atoms with E-state index >= 15 is 0 Å². The van der Waals surface area contributed by atoms with Gasteiger partial charge in [0.05, 0.1) is 0 Å². The highest BCUT2D eigenvalue weighted by Crippen LogP contribution is 2.39. The highest BCUT2D eigenvalue weighted by Gasteiger charge is 2.38. The number of nitrogens with zero attached hydrogens (tertiary/aromatic N) is 1. The number of hydrogen-bond acceptors (Lipinski definition) is 3. The number of nitrogens with one attached hydrogen (secondary N) is 1. The first kappa shape index (κ1) is 15.7. The topological polar surface area (TPSA) is 41.6 Å². The third kappa shape index (κ3) is 3.58. The first-order valence-electron chi connectivity index (χ1n) is 7.99. The Morgan fingerprint density at radius 1 is 1.32 bits per heavy atom. The molecule has 2 fully saturated rings. The second kappa shape index (κ2) is 6.92. The Morgan fingerprint density at radius 3 is 2.91 bits per heavy atom. The van der Waals surface area contributed by atoms with Gasteiger partial charge in [-0.3, -0.25) is 0 Å². The lowest BCUT2D eigenvalue weighted by molar-refractivity contribution is -0.0175. The Kier molecular flexibility index (Phi) is 4.93. The normalized spacial score (nSPS) is 20.9. The van der Waals surface area contributed by atoms with Crippen LogP contribution in [0, 0.1) is 5.41 Å². The molecule has 2 aliphatic rings. The summed E-state index contributed by atoms with van der Waals surface area (Å²) < 4.78 is 5.49. The average Bonchev–Trinajstić information content (AvgIpc) is 2.56. The predicted molar refractivity (Wildman–Crippen MR) is 90.5 cm³/mol. The maximum absolute atomic E-state index is 12.6. The summed E-state index contributed by atoms with van der Waals surface area (Å²) in [6.07, 6.45) is 6.53.